The summed E-state index contributed by atoms with van der Waals surface area (Å²) in [5.41, 5.74) is 2.06. The first-order valence-corrected chi connectivity index (χ1v) is 12.2. The molecule has 1 fully saturated rings. The molecule has 1 aromatic heterocycles. The fourth-order valence-corrected chi connectivity index (χ4v) is 5.69. The number of rotatable bonds is 7. The molecule has 1 amide bonds. The zero-order chi connectivity index (χ0) is 20.9. The largest absolute Gasteiger partial charge is 0.455 e. The van der Waals surface area contributed by atoms with Crippen LogP contribution in [0.4, 0.5) is 10.8 Å². The van der Waals surface area contributed by atoms with Crippen LogP contribution in [0.3, 0.4) is 0 Å². The van der Waals surface area contributed by atoms with Gasteiger partial charge in [-0.1, -0.05) is 60.6 Å². The van der Waals surface area contributed by atoms with Gasteiger partial charge in [0.2, 0.25) is 5.13 Å². The summed E-state index contributed by atoms with van der Waals surface area (Å²) in [5.74, 6) is -0.511. The minimum atomic E-state index is -0.425. The number of hydrogen-bond donors (Lipinski definition) is 1. The molecule has 4 rings (SSSR count). The SMILES string of the molecule is C[C@H]1Cc2ccccc2N1C(=O)COC(=O)CSc1nnc(NC2CCCCC2)s1. The van der Waals surface area contributed by atoms with Gasteiger partial charge >= 0.3 is 5.97 Å². The average molecular weight is 447 g/mol. The van der Waals surface area contributed by atoms with E-state index in [1.54, 1.807) is 4.90 Å². The van der Waals surface area contributed by atoms with E-state index in [2.05, 4.69) is 15.5 Å². The van der Waals surface area contributed by atoms with E-state index < -0.39 is 5.97 Å². The molecule has 0 saturated heterocycles. The topological polar surface area (TPSA) is 84.4 Å². The molecule has 1 aromatic carbocycles. The van der Waals surface area contributed by atoms with Crippen molar-refractivity contribution in [2.45, 2.75) is 61.9 Å². The number of fused-ring (bicyclic) bond motifs is 1. The third kappa shape index (κ3) is 5.13. The highest BCUT2D eigenvalue weighted by molar-refractivity contribution is 8.01. The van der Waals surface area contributed by atoms with Gasteiger partial charge in [0.1, 0.15) is 0 Å². The molecular weight excluding hydrogens is 420 g/mol. The number of benzene rings is 1. The summed E-state index contributed by atoms with van der Waals surface area (Å²) < 4.78 is 5.94. The molecule has 0 unspecified atom stereocenters. The summed E-state index contributed by atoms with van der Waals surface area (Å²) in [6.45, 7) is 1.76. The molecule has 1 aliphatic carbocycles. The molecule has 1 saturated carbocycles. The number of para-hydroxylation sites is 1. The van der Waals surface area contributed by atoms with Crippen LogP contribution in [0.2, 0.25) is 0 Å². The zero-order valence-corrected chi connectivity index (χ0v) is 18.6. The molecular formula is C21H26N4O3S2. The molecule has 160 valence electrons. The second-order valence-corrected chi connectivity index (χ2v) is 9.95. The molecule has 2 aliphatic rings. The monoisotopic (exact) mass is 446 g/mol. The molecule has 1 aliphatic heterocycles. The zero-order valence-electron chi connectivity index (χ0n) is 17.0. The molecule has 30 heavy (non-hydrogen) atoms. The van der Waals surface area contributed by atoms with Crippen LogP contribution in [0.25, 0.3) is 0 Å². The first kappa shape index (κ1) is 21.1. The number of nitrogens with zero attached hydrogens (tertiary/aromatic N) is 3. The summed E-state index contributed by atoms with van der Waals surface area (Å²) in [5, 5.41) is 12.5. The summed E-state index contributed by atoms with van der Waals surface area (Å²) in [7, 11) is 0. The lowest BCUT2D eigenvalue weighted by Crippen LogP contribution is -2.38. The molecule has 0 radical (unpaired) electrons. The molecule has 0 spiro atoms. The van der Waals surface area contributed by atoms with Crippen molar-refractivity contribution < 1.29 is 14.3 Å². The second kappa shape index (κ2) is 9.78. The number of hydrogen-bond acceptors (Lipinski definition) is 8. The Kier molecular flexibility index (Phi) is 6.89. The van der Waals surface area contributed by atoms with Gasteiger partial charge in [-0.05, 0) is 37.8 Å². The van der Waals surface area contributed by atoms with Gasteiger partial charge in [-0.25, -0.2) is 0 Å². The van der Waals surface area contributed by atoms with Crippen molar-refractivity contribution in [1.29, 1.82) is 0 Å². The van der Waals surface area contributed by atoms with Crippen LogP contribution in [0.15, 0.2) is 28.6 Å². The third-order valence-corrected chi connectivity index (χ3v) is 7.45. The predicted molar refractivity (Wildman–Crippen MR) is 119 cm³/mol. The lowest BCUT2D eigenvalue weighted by Gasteiger charge is -2.22. The van der Waals surface area contributed by atoms with Crippen molar-refractivity contribution in [1.82, 2.24) is 10.2 Å². The normalized spacial score (nSPS) is 18.8. The molecule has 2 heterocycles. The van der Waals surface area contributed by atoms with E-state index >= 15 is 0 Å². The van der Waals surface area contributed by atoms with Gasteiger partial charge in [-0.3, -0.25) is 9.59 Å². The van der Waals surface area contributed by atoms with Crippen LogP contribution in [-0.4, -0.2) is 46.5 Å². The van der Waals surface area contributed by atoms with Crippen molar-refractivity contribution in [3.8, 4) is 0 Å². The van der Waals surface area contributed by atoms with E-state index in [4.69, 9.17) is 4.74 Å². The first-order valence-electron chi connectivity index (χ1n) is 10.4. The smallest absolute Gasteiger partial charge is 0.316 e. The summed E-state index contributed by atoms with van der Waals surface area (Å²) in [4.78, 5) is 26.4. The lowest BCUT2D eigenvalue weighted by atomic mass is 9.96. The molecule has 0 bridgehead atoms. The van der Waals surface area contributed by atoms with Gasteiger partial charge < -0.3 is 15.0 Å². The number of carbonyl (C=O) groups excluding carboxylic acids is 2. The van der Waals surface area contributed by atoms with Gasteiger partial charge in [0, 0.05) is 17.8 Å². The summed E-state index contributed by atoms with van der Waals surface area (Å²) in [6, 6.07) is 8.39. The van der Waals surface area contributed by atoms with Crippen LogP contribution < -0.4 is 10.2 Å². The Balaban J connectivity index is 1.21. The molecule has 9 heteroatoms. The highest BCUT2D eigenvalue weighted by atomic mass is 32.2. The van der Waals surface area contributed by atoms with Gasteiger partial charge in [0.15, 0.2) is 10.9 Å². The van der Waals surface area contributed by atoms with Crippen LogP contribution in [0.5, 0.6) is 0 Å². The van der Waals surface area contributed by atoms with E-state index in [1.807, 2.05) is 31.2 Å². The summed E-state index contributed by atoms with van der Waals surface area (Å²) >= 11 is 2.74. The van der Waals surface area contributed by atoms with Crippen molar-refractivity contribution >= 4 is 45.8 Å². The van der Waals surface area contributed by atoms with E-state index in [0.717, 1.165) is 27.1 Å². The Morgan fingerprint density at radius 2 is 2.03 bits per heavy atom. The van der Waals surface area contributed by atoms with E-state index in [1.165, 1.54) is 55.2 Å². The first-order chi connectivity index (χ1) is 14.6. The number of thioether (sulfide) groups is 1. The lowest BCUT2D eigenvalue weighted by molar-refractivity contribution is -0.145. The van der Waals surface area contributed by atoms with Crippen LogP contribution >= 0.6 is 23.1 Å². The second-order valence-electron chi connectivity index (χ2n) is 7.75. The fourth-order valence-electron chi connectivity index (χ4n) is 4.07. The van der Waals surface area contributed by atoms with E-state index in [-0.39, 0.29) is 24.3 Å². The maximum absolute atomic E-state index is 12.6. The number of anilines is 2. The maximum Gasteiger partial charge on any atom is 0.316 e. The molecule has 2 aromatic rings. The highest BCUT2D eigenvalue weighted by Gasteiger charge is 2.31. The minimum Gasteiger partial charge on any atom is -0.455 e. The van der Waals surface area contributed by atoms with Crippen molar-refractivity contribution in [3.05, 3.63) is 29.8 Å². The molecule has 1 N–H and O–H groups in total. The number of ether oxygens (including phenoxy) is 1. The highest BCUT2D eigenvalue weighted by Crippen LogP contribution is 2.32. The van der Waals surface area contributed by atoms with E-state index in [0.29, 0.717) is 6.04 Å². The van der Waals surface area contributed by atoms with Crippen LogP contribution in [-0.2, 0) is 20.7 Å². The number of carbonyl (C=O) groups is 2. The van der Waals surface area contributed by atoms with E-state index in [9.17, 15) is 9.59 Å². The van der Waals surface area contributed by atoms with Gasteiger partial charge in [0.05, 0.1) is 5.75 Å². The summed E-state index contributed by atoms with van der Waals surface area (Å²) in [6.07, 6.45) is 6.98. The van der Waals surface area contributed by atoms with Gasteiger partial charge in [-0.15, -0.1) is 10.2 Å². The number of amides is 1. The molecule has 7 nitrogen and oxygen atoms in total. The van der Waals surface area contributed by atoms with Crippen molar-refractivity contribution in [2.75, 3.05) is 22.6 Å². The Hall–Kier alpha value is -2.13. The molecule has 1 atom stereocenters. The minimum absolute atomic E-state index is 0.0689. The maximum atomic E-state index is 12.6. The number of nitrogens with one attached hydrogen (secondary N) is 1. The Morgan fingerprint density at radius 3 is 2.87 bits per heavy atom. The Morgan fingerprint density at radius 1 is 1.23 bits per heavy atom. The van der Waals surface area contributed by atoms with Crippen LogP contribution in [0, 0.1) is 0 Å². The predicted octanol–water partition coefficient (Wildman–Crippen LogP) is 3.90. The third-order valence-electron chi connectivity index (χ3n) is 5.49. The number of aromatic nitrogens is 2. The quantitative estimate of drug-likeness (QED) is 0.510. The van der Waals surface area contributed by atoms with Crippen LogP contribution in [0.1, 0.15) is 44.6 Å². The fraction of sp³-hybridized carbons (Fsp3) is 0.524. The standard InChI is InChI=1S/C21H26N4O3S2/c1-14-11-15-7-5-6-10-17(15)25(14)18(26)12-28-19(27)13-29-21-24-23-20(30-21)22-16-8-3-2-4-9-16/h5-7,10,14,16H,2-4,8-9,11-13H2,1H3,(H,22,23)/t14-/m0/s1. The average Bonchev–Trinajstić information content (AvgIpc) is 3.34. The van der Waals surface area contributed by atoms with Gasteiger partial charge in [0.25, 0.3) is 5.91 Å². The van der Waals surface area contributed by atoms with Crippen molar-refractivity contribution in [3.63, 3.8) is 0 Å². The van der Waals surface area contributed by atoms with Gasteiger partial charge in [-0.2, -0.15) is 0 Å². The Bertz CT molecular complexity index is 898. The number of esters is 1. The Labute approximate surface area is 184 Å². The van der Waals surface area contributed by atoms with Crippen molar-refractivity contribution in [2.24, 2.45) is 0 Å².